The van der Waals surface area contributed by atoms with Crippen molar-refractivity contribution in [3.8, 4) is 33.4 Å². The number of nitrogens with zero attached hydrogens (tertiary/aromatic N) is 1. The Bertz CT molecular complexity index is 1200. The van der Waals surface area contributed by atoms with E-state index in [1.807, 2.05) is 42.5 Å². The molecule has 1 N–H and O–H groups in total. The van der Waals surface area contributed by atoms with Gasteiger partial charge in [-0.1, -0.05) is 24.6 Å². The molecule has 2 heterocycles. The quantitative estimate of drug-likeness (QED) is 0.318. The highest BCUT2D eigenvalue weighted by molar-refractivity contribution is 7.22. The van der Waals surface area contributed by atoms with E-state index in [4.69, 9.17) is 9.47 Å². The van der Waals surface area contributed by atoms with Crippen LogP contribution < -0.4 is 9.47 Å². The fourth-order valence-electron chi connectivity index (χ4n) is 4.14. The van der Waals surface area contributed by atoms with E-state index < -0.39 is 5.82 Å². The first-order valence-corrected chi connectivity index (χ1v) is 12.1. The molecule has 33 heavy (non-hydrogen) atoms. The number of likely N-dealkylation sites (tertiary alicyclic amines) is 1. The minimum atomic E-state index is -0.612. The van der Waals surface area contributed by atoms with Crippen molar-refractivity contribution < 1.29 is 19.0 Å². The summed E-state index contributed by atoms with van der Waals surface area (Å²) in [5.74, 6) is 0.615. The predicted octanol–water partition coefficient (Wildman–Crippen LogP) is 7.07. The van der Waals surface area contributed by atoms with Crippen molar-refractivity contribution in [3.63, 3.8) is 0 Å². The molecule has 0 amide bonds. The lowest BCUT2D eigenvalue weighted by Gasteiger charge is -2.26. The lowest BCUT2D eigenvalue weighted by atomic mass is 10.1. The van der Waals surface area contributed by atoms with Crippen LogP contribution in [0.3, 0.4) is 0 Å². The van der Waals surface area contributed by atoms with Crippen LogP contribution >= 0.6 is 11.3 Å². The molecule has 6 heteroatoms. The third kappa shape index (κ3) is 5.13. The molecule has 0 saturated carbocycles. The molecule has 0 aliphatic carbocycles. The van der Waals surface area contributed by atoms with Gasteiger partial charge in [0.05, 0.1) is 0 Å². The maximum absolute atomic E-state index is 14.5. The average Bonchev–Trinajstić information content (AvgIpc) is 3.26. The molecule has 4 aromatic rings. The first kappa shape index (κ1) is 21.7. The third-order valence-corrected chi connectivity index (χ3v) is 7.07. The monoisotopic (exact) mass is 463 g/mol. The van der Waals surface area contributed by atoms with Crippen molar-refractivity contribution >= 4 is 21.4 Å². The fourth-order valence-corrected chi connectivity index (χ4v) is 5.23. The molecule has 4 nitrogen and oxygen atoms in total. The number of halogens is 1. The number of aromatic hydroxyl groups is 1. The van der Waals surface area contributed by atoms with Crippen LogP contribution in [0.15, 0.2) is 66.7 Å². The maximum Gasteiger partial charge on any atom is 0.169 e. The lowest BCUT2D eigenvalue weighted by molar-refractivity contribution is 0.183. The highest BCUT2D eigenvalue weighted by Gasteiger charge is 2.15. The second-order valence-corrected chi connectivity index (χ2v) is 9.36. The number of ether oxygens (including phenoxy) is 2. The molecule has 3 aromatic carbocycles. The Balaban J connectivity index is 1.27. The van der Waals surface area contributed by atoms with Gasteiger partial charge in [-0.15, -0.1) is 11.3 Å². The molecule has 0 atom stereocenters. The Labute approximate surface area is 196 Å². The number of hydrogen-bond donors (Lipinski definition) is 1. The molecule has 0 bridgehead atoms. The zero-order valence-corrected chi connectivity index (χ0v) is 19.1. The van der Waals surface area contributed by atoms with Gasteiger partial charge in [-0.25, -0.2) is 4.39 Å². The van der Waals surface area contributed by atoms with Gasteiger partial charge in [-0.2, -0.15) is 0 Å². The molecule has 0 unspecified atom stereocenters. The van der Waals surface area contributed by atoms with Gasteiger partial charge in [0.15, 0.2) is 11.6 Å². The number of hydrogen-bond acceptors (Lipinski definition) is 5. The first-order chi connectivity index (χ1) is 16.2. The van der Waals surface area contributed by atoms with Gasteiger partial charge in [0, 0.05) is 27.8 Å². The average molecular weight is 464 g/mol. The van der Waals surface area contributed by atoms with Crippen LogP contribution in [-0.2, 0) is 0 Å². The second kappa shape index (κ2) is 9.81. The van der Waals surface area contributed by atoms with Crippen LogP contribution in [0.25, 0.3) is 20.5 Å². The van der Waals surface area contributed by atoms with Crippen LogP contribution in [0.2, 0.25) is 0 Å². The van der Waals surface area contributed by atoms with E-state index in [-0.39, 0.29) is 11.5 Å². The van der Waals surface area contributed by atoms with Gasteiger partial charge in [-0.05, 0) is 73.8 Å². The Morgan fingerprint density at radius 1 is 0.909 bits per heavy atom. The lowest BCUT2D eigenvalue weighted by Crippen LogP contribution is -2.33. The van der Waals surface area contributed by atoms with E-state index in [9.17, 15) is 9.50 Å². The highest BCUT2D eigenvalue weighted by Crippen LogP contribution is 2.41. The molecule has 1 aliphatic heterocycles. The summed E-state index contributed by atoms with van der Waals surface area (Å²) in [7, 11) is 0. The van der Waals surface area contributed by atoms with Gasteiger partial charge >= 0.3 is 0 Å². The van der Waals surface area contributed by atoms with Gasteiger partial charge in [0.2, 0.25) is 0 Å². The summed E-state index contributed by atoms with van der Waals surface area (Å²) in [4.78, 5) is 3.29. The SMILES string of the molecule is Oc1cc(F)c(Oc2ccc(OCCN3CCCCC3)cc2)cc1-c1cc2ccccc2s1. The molecule has 0 spiro atoms. The van der Waals surface area contributed by atoms with E-state index >= 15 is 0 Å². The summed E-state index contributed by atoms with van der Waals surface area (Å²) in [5.41, 5.74) is 0.547. The maximum atomic E-state index is 14.5. The minimum absolute atomic E-state index is 0.0685. The Hall–Kier alpha value is -3.09. The zero-order chi connectivity index (χ0) is 22.6. The van der Waals surface area contributed by atoms with Crippen LogP contribution in [-0.4, -0.2) is 36.2 Å². The van der Waals surface area contributed by atoms with E-state index in [1.165, 1.54) is 19.3 Å². The number of fused-ring (bicyclic) bond motifs is 1. The summed E-state index contributed by atoms with van der Waals surface area (Å²) in [5, 5.41) is 11.4. The number of rotatable bonds is 7. The fraction of sp³-hybridized carbons (Fsp3) is 0.259. The molecule has 0 radical (unpaired) electrons. The van der Waals surface area contributed by atoms with Gasteiger partial charge in [0.25, 0.3) is 0 Å². The highest BCUT2D eigenvalue weighted by atomic mass is 32.1. The van der Waals surface area contributed by atoms with Gasteiger partial charge < -0.3 is 14.6 Å². The molecule has 170 valence electrons. The molecular formula is C27H26FNO3S. The largest absolute Gasteiger partial charge is 0.507 e. The summed E-state index contributed by atoms with van der Waals surface area (Å²) in [6.07, 6.45) is 3.86. The number of thiophene rings is 1. The van der Waals surface area contributed by atoms with Gasteiger partial charge in [0.1, 0.15) is 23.9 Å². The molecule has 1 saturated heterocycles. The minimum Gasteiger partial charge on any atom is -0.507 e. The number of piperidine rings is 1. The van der Waals surface area contributed by atoms with Crippen LogP contribution in [0.4, 0.5) is 4.39 Å². The molecule has 1 fully saturated rings. The zero-order valence-electron chi connectivity index (χ0n) is 18.3. The summed E-state index contributed by atoms with van der Waals surface area (Å²) in [6, 6.07) is 19.8. The van der Waals surface area contributed by atoms with Gasteiger partial charge in [-0.3, -0.25) is 4.90 Å². The molecular weight excluding hydrogens is 437 g/mol. The van der Waals surface area contributed by atoms with Crippen molar-refractivity contribution in [2.75, 3.05) is 26.2 Å². The predicted molar refractivity (Wildman–Crippen MR) is 131 cm³/mol. The molecule has 5 rings (SSSR count). The van der Waals surface area contributed by atoms with Crippen LogP contribution in [0, 0.1) is 5.82 Å². The van der Waals surface area contributed by atoms with E-state index in [2.05, 4.69) is 4.90 Å². The second-order valence-electron chi connectivity index (χ2n) is 8.27. The molecule has 1 aromatic heterocycles. The molecule has 1 aliphatic rings. The topological polar surface area (TPSA) is 41.9 Å². The van der Waals surface area contributed by atoms with Crippen LogP contribution in [0.1, 0.15) is 19.3 Å². The van der Waals surface area contributed by atoms with E-state index in [0.717, 1.165) is 46.4 Å². The number of phenols is 1. The standard InChI is InChI=1S/C27H26FNO3S/c28-23-18-24(30)22(27-16-19-6-2-3-7-26(19)33-27)17-25(23)32-21-10-8-20(9-11-21)31-15-14-29-12-4-1-5-13-29/h2-3,6-11,16-18,30H,1,4-5,12-15H2. The number of phenolic OH excluding ortho intramolecular Hbond substituents is 1. The van der Waals surface area contributed by atoms with Crippen LogP contribution in [0.5, 0.6) is 23.0 Å². The van der Waals surface area contributed by atoms with Crippen molar-refractivity contribution in [2.45, 2.75) is 19.3 Å². The van der Waals surface area contributed by atoms with E-state index in [1.54, 1.807) is 29.5 Å². The third-order valence-electron chi connectivity index (χ3n) is 5.92. The Morgan fingerprint density at radius 2 is 1.67 bits per heavy atom. The van der Waals surface area contributed by atoms with Crippen molar-refractivity contribution in [1.29, 1.82) is 0 Å². The number of benzene rings is 3. The van der Waals surface area contributed by atoms with Crippen molar-refractivity contribution in [1.82, 2.24) is 4.90 Å². The van der Waals surface area contributed by atoms with Crippen molar-refractivity contribution in [3.05, 3.63) is 72.5 Å². The summed E-state index contributed by atoms with van der Waals surface area (Å²) in [6.45, 7) is 3.87. The smallest absolute Gasteiger partial charge is 0.169 e. The van der Waals surface area contributed by atoms with Crippen molar-refractivity contribution in [2.24, 2.45) is 0 Å². The Kier molecular flexibility index (Phi) is 6.46. The Morgan fingerprint density at radius 3 is 2.45 bits per heavy atom. The van der Waals surface area contributed by atoms with E-state index in [0.29, 0.717) is 17.9 Å². The first-order valence-electron chi connectivity index (χ1n) is 11.3. The summed E-state index contributed by atoms with van der Waals surface area (Å²) >= 11 is 1.55. The summed E-state index contributed by atoms with van der Waals surface area (Å²) < 4.78 is 27.3. The normalized spacial score (nSPS) is 14.5.